The highest BCUT2D eigenvalue weighted by molar-refractivity contribution is 5.99. The molecule has 0 radical (unpaired) electrons. The van der Waals surface area contributed by atoms with E-state index in [1.54, 1.807) is 12.1 Å². The Hall–Kier alpha value is -2.42. The minimum Gasteiger partial charge on any atom is -0.352 e. The van der Waals surface area contributed by atoms with Crippen molar-refractivity contribution in [1.82, 2.24) is 4.98 Å². The Morgan fingerprint density at radius 2 is 1.86 bits per heavy atom. The van der Waals surface area contributed by atoms with Crippen molar-refractivity contribution in [3.63, 3.8) is 0 Å². The van der Waals surface area contributed by atoms with Crippen molar-refractivity contribution < 1.29 is 9.18 Å². The molecule has 0 saturated heterocycles. The quantitative estimate of drug-likeness (QED) is 0.705. The number of H-pyrrole nitrogens is 1. The molecule has 2 nitrogen and oxygen atoms in total. The van der Waals surface area contributed by atoms with E-state index in [2.05, 4.69) is 4.98 Å². The molecule has 0 saturated carbocycles. The predicted octanol–water partition coefficient (Wildman–Crippen LogP) is 4.43. The fourth-order valence-electron chi connectivity index (χ4n) is 2.40. The van der Waals surface area contributed by atoms with E-state index in [1.807, 2.05) is 31.2 Å². The van der Waals surface area contributed by atoms with E-state index < -0.39 is 0 Å². The lowest BCUT2D eigenvalue weighted by molar-refractivity contribution is 0.0979. The molecule has 3 aromatic rings. The zero-order valence-corrected chi connectivity index (χ0v) is 11.8. The summed E-state index contributed by atoms with van der Waals surface area (Å²) in [5, 5.41) is 0.730. The molecule has 106 valence electrons. The first kappa shape index (κ1) is 13.6. The van der Waals surface area contributed by atoms with E-state index in [0.29, 0.717) is 18.5 Å². The maximum Gasteiger partial charge on any atom is 0.179 e. The summed E-state index contributed by atoms with van der Waals surface area (Å²) in [7, 11) is 0. The summed E-state index contributed by atoms with van der Waals surface area (Å²) in [6.07, 6.45) is 1.15. The van der Waals surface area contributed by atoms with Crippen molar-refractivity contribution in [2.75, 3.05) is 0 Å². The Balaban J connectivity index is 1.73. The van der Waals surface area contributed by atoms with Crippen LogP contribution in [0.4, 0.5) is 4.39 Å². The molecule has 0 aliphatic rings. The van der Waals surface area contributed by atoms with Crippen LogP contribution in [0.1, 0.15) is 28.0 Å². The summed E-state index contributed by atoms with van der Waals surface area (Å²) in [4.78, 5) is 15.3. The number of benzene rings is 2. The highest BCUT2D eigenvalue weighted by atomic mass is 19.1. The van der Waals surface area contributed by atoms with Gasteiger partial charge in [0.05, 0.1) is 5.69 Å². The number of rotatable bonds is 4. The van der Waals surface area contributed by atoms with E-state index >= 15 is 0 Å². The van der Waals surface area contributed by atoms with Crippen molar-refractivity contribution in [2.45, 2.75) is 19.8 Å². The lowest BCUT2D eigenvalue weighted by Crippen LogP contribution is -2.01. The first-order valence-corrected chi connectivity index (χ1v) is 6.99. The van der Waals surface area contributed by atoms with Gasteiger partial charge in [-0.2, -0.15) is 0 Å². The summed E-state index contributed by atoms with van der Waals surface area (Å²) in [6, 6.07) is 14.4. The van der Waals surface area contributed by atoms with Crippen molar-refractivity contribution in [3.05, 3.63) is 71.2 Å². The van der Waals surface area contributed by atoms with E-state index in [9.17, 15) is 9.18 Å². The smallest absolute Gasteiger partial charge is 0.179 e. The van der Waals surface area contributed by atoms with E-state index in [1.165, 1.54) is 17.7 Å². The van der Waals surface area contributed by atoms with E-state index in [-0.39, 0.29) is 11.6 Å². The van der Waals surface area contributed by atoms with Crippen LogP contribution in [0.15, 0.2) is 48.5 Å². The number of halogens is 1. The Morgan fingerprint density at radius 1 is 1.10 bits per heavy atom. The molecule has 0 spiro atoms. The van der Waals surface area contributed by atoms with Gasteiger partial charge in [-0.05, 0) is 43.2 Å². The molecule has 1 heterocycles. The van der Waals surface area contributed by atoms with Crippen LogP contribution in [0.3, 0.4) is 0 Å². The molecule has 0 aliphatic carbocycles. The highest BCUT2D eigenvalue weighted by Gasteiger charge is 2.10. The number of hydrogen-bond donors (Lipinski definition) is 1. The summed E-state index contributed by atoms with van der Waals surface area (Å²) < 4.78 is 13.2. The number of ketones is 1. The highest BCUT2D eigenvalue weighted by Crippen LogP contribution is 2.18. The largest absolute Gasteiger partial charge is 0.352 e. The summed E-state index contributed by atoms with van der Waals surface area (Å²) >= 11 is 0. The third kappa shape index (κ3) is 3.02. The van der Waals surface area contributed by atoms with Gasteiger partial charge in [0.25, 0.3) is 0 Å². The lowest BCUT2D eigenvalue weighted by atomic mass is 10.0. The molecule has 2 aromatic carbocycles. The van der Waals surface area contributed by atoms with Gasteiger partial charge in [0.15, 0.2) is 5.78 Å². The SMILES string of the molecule is Cc1ccc(CCC(=O)c2cc3cc(F)ccc3[nH]2)cc1. The fraction of sp³-hybridized carbons (Fsp3) is 0.167. The van der Waals surface area contributed by atoms with Gasteiger partial charge in [-0.15, -0.1) is 0 Å². The first-order chi connectivity index (χ1) is 10.1. The van der Waals surface area contributed by atoms with Crippen molar-refractivity contribution in [3.8, 4) is 0 Å². The maximum absolute atomic E-state index is 13.2. The number of aromatic amines is 1. The van der Waals surface area contributed by atoms with Crippen molar-refractivity contribution >= 4 is 16.7 Å². The van der Waals surface area contributed by atoms with E-state index in [4.69, 9.17) is 0 Å². The molecule has 0 fully saturated rings. The third-order valence-corrected chi connectivity index (χ3v) is 3.64. The number of carbonyl (C=O) groups is 1. The molecule has 3 heteroatoms. The van der Waals surface area contributed by atoms with Crippen LogP contribution in [0.25, 0.3) is 10.9 Å². The third-order valence-electron chi connectivity index (χ3n) is 3.64. The second-order valence-corrected chi connectivity index (χ2v) is 5.32. The van der Waals surface area contributed by atoms with E-state index in [0.717, 1.165) is 16.5 Å². The Bertz CT molecular complexity index is 787. The monoisotopic (exact) mass is 281 g/mol. The molecule has 0 bridgehead atoms. The fourth-order valence-corrected chi connectivity index (χ4v) is 2.40. The number of aromatic nitrogens is 1. The summed E-state index contributed by atoms with van der Waals surface area (Å²) in [5.74, 6) is -0.243. The van der Waals surface area contributed by atoms with Gasteiger partial charge < -0.3 is 4.98 Å². The average Bonchev–Trinajstić information content (AvgIpc) is 2.89. The van der Waals surface area contributed by atoms with Gasteiger partial charge in [-0.1, -0.05) is 29.8 Å². The molecule has 0 amide bonds. The molecular formula is C18H16FNO. The molecule has 0 unspecified atom stereocenters. The zero-order chi connectivity index (χ0) is 14.8. The van der Waals surface area contributed by atoms with Crippen LogP contribution < -0.4 is 0 Å². The molecule has 0 aliphatic heterocycles. The molecule has 1 N–H and O–H groups in total. The topological polar surface area (TPSA) is 32.9 Å². The van der Waals surface area contributed by atoms with Gasteiger partial charge in [0.2, 0.25) is 0 Å². The molecule has 3 rings (SSSR count). The molecule has 21 heavy (non-hydrogen) atoms. The van der Waals surface area contributed by atoms with Crippen LogP contribution in [0.2, 0.25) is 0 Å². The lowest BCUT2D eigenvalue weighted by Gasteiger charge is -2.01. The number of Topliss-reactive ketones (excluding diaryl/α,β-unsaturated/α-hetero) is 1. The predicted molar refractivity (Wildman–Crippen MR) is 82.1 cm³/mol. The average molecular weight is 281 g/mol. The molecule has 0 atom stereocenters. The van der Waals surface area contributed by atoms with Crippen LogP contribution in [0, 0.1) is 12.7 Å². The molecular weight excluding hydrogens is 265 g/mol. The molecule has 1 aromatic heterocycles. The van der Waals surface area contributed by atoms with Crippen LogP contribution in [-0.4, -0.2) is 10.8 Å². The van der Waals surface area contributed by atoms with Gasteiger partial charge in [-0.3, -0.25) is 4.79 Å². The summed E-state index contributed by atoms with van der Waals surface area (Å²) in [6.45, 7) is 2.04. The van der Waals surface area contributed by atoms with Crippen LogP contribution in [0.5, 0.6) is 0 Å². The summed E-state index contributed by atoms with van der Waals surface area (Å²) in [5.41, 5.74) is 3.69. The maximum atomic E-state index is 13.2. The van der Waals surface area contributed by atoms with Gasteiger partial charge >= 0.3 is 0 Å². The van der Waals surface area contributed by atoms with Crippen LogP contribution in [-0.2, 0) is 6.42 Å². The Morgan fingerprint density at radius 3 is 2.62 bits per heavy atom. The standard InChI is InChI=1S/C18H16FNO/c1-12-2-4-13(5-3-12)6-9-18(21)17-11-14-10-15(19)7-8-16(14)20-17/h2-5,7-8,10-11,20H,6,9H2,1H3. The number of fused-ring (bicyclic) bond motifs is 1. The van der Waals surface area contributed by atoms with Gasteiger partial charge in [-0.25, -0.2) is 4.39 Å². The number of hydrogen-bond acceptors (Lipinski definition) is 1. The second kappa shape index (κ2) is 5.52. The van der Waals surface area contributed by atoms with Gasteiger partial charge in [0, 0.05) is 17.3 Å². The number of carbonyl (C=O) groups excluding carboxylic acids is 1. The number of nitrogens with one attached hydrogen (secondary N) is 1. The van der Waals surface area contributed by atoms with Crippen molar-refractivity contribution in [1.29, 1.82) is 0 Å². The minimum absolute atomic E-state index is 0.0483. The first-order valence-electron chi connectivity index (χ1n) is 6.99. The van der Waals surface area contributed by atoms with Crippen molar-refractivity contribution in [2.24, 2.45) is 0 Å². The van der Waals surface area contributed by atoms with Gasteiger partial charge in [0.1, 0.15) is 5.82 Å². The Kier molecular flexibility index (Phi) is 3.57. The zero-order valence-electron chi connectivity index (χ0n) is 11.8. The number of aryl methyl sites for hydroxylation is 2. The second-order valence-electron chi connectivity index (χ2n) is 5.32. The van der Waals surface area contributed by atoms with Crippen LogP contribution >= 0.6 is 0 Å². The normalized spacial score (nSPS) is 11.0. The Labute approximate surface area is 122 Å². The minimum atomic E-state index is -0.292.